The normalized spacial score (nSPS) is 11.9. The molecule has 0 aliphatic heterocycles. The second-order valence-corrected chi connectivity index (χ2v) is 6.58. The molecule has 2 heterocycles. The number of benzene rings is 1. The molecule has 0 fully saturated rings. The van der Waals surface area contributed by atoms with Crippen molar-refractivity contribution < 1.29 is 8.78 Å². The van der Waals surface area contributed by atoms with Crippen LogP contribution in [-0.4, -0.2) is 15.5 Å². The molecule has 24 heavy (non-hydrogen) atoms. The van der Waals surface area contributed by atoms with Gasteiger partial charge in [0, 0.05) is 35.4 Å². The van der Waals surface area contributed by atoms with E-state index in [2.05, 4.69) is 10.3 Å². The van der Waals surface area contributed by atoms with E-state index >= 15 is 0 Å². The highest BCUT2D eigenvalue weighted by molar-refractivity contribution is 6.30. The number of nitrogens with one attached hydrogen (secondary N) is 1. The summed E-state index contributed by atoms with van der Waals surface area (Å²) in [5, 5.41) is 4.80. The molecule has 0 saturated heterocycles. The summed E-state index contributed by atoms with van der Waals surface area (Å²) in [4.78, 5) is 4.37. The summed E-state index contributed by atoms with van der Waals surface area (Å²) in [7, 11) is 0. The number of fused-ring (bicyclic) bond motifs is 1. The number of halogens is 3. The van der Waals surface area contributed by atoms with Gasteiger partial charge in [0.25, 0.3) is 5.92 Å². The highest BCUT2D eigenvalue weighted by Crippen LogP contribution is 2.31. The third kappa shape index (κ3) is 3.36. The fraction of sp³-hybridized carbons (Fsp3) is 0.278. The van der Waals surface area contributed by atoms with Crippen LogP contribution < -0.4 is 5.32 Å². The average Bonchev–Trinajstić information content (AvgIpc) is 2.85. The summed E-state index contributed by atoms with van der Waals surface area (Å²) >= 11 is 6.07. The van der Waals surface area contributed by atoms with Crippen molar-refractivity contribution in [2.45, 2.75) is 33.2 Å². The molecule has 0 bridgehead atoms. The Bertz CT molecular complexity index is 874. The molecule has 6 heteroatoms. The Hall–Kier alpha value is -2.14. The monoisotopic (exact) mass is 349 g/mol. The molecule has 0 spiro atoms. The zero-order valence-electron chi connectivity index (χ0n) is 13.7. The van der Waals surface area contributed by atoms with Crippen LogP contribution in [0.25, 0.3) is 10.9 Å². The van der Waals surface area contributed by atoms with Gasteiger partial charge < -0.3 is 9.88 Å². The minimum Gasteiger partial charge on any atom is -0.341 e. The van der Waals surface area contributed by atoms with Gasteiger partial charge in [-0.2, -0.15) is 0 Å². The van der Waals surface area contributed by atoms with Crippen LogP contribution in [0.15, 0.2) is 36.7 Å². The Morgan fingerprint density at radius 3 is 2.50 bits per heavy atom. The van der Waals surface area contributed by atoms with Crippen molar-refractivity contribution in [2.75, 3.05) is 5.32 Å². The van der Waals surface area contributed by atoms with Crippen molar-refractivity contribution in [1.29, 1.82) is 0 Å². The predicted molar refractivity (Wildman–Crippen MR) is 94.6 cm³/mol. The van der Waals surface area contributed by atoms with E-state index in [1.807, 2.05) is 26.0 Å². The van der Waals surface area contributed by atoms with Crippen molar-refractivity contribution in [3.8, 4) is 0 Å². The van der Waals surface area contributed by atoms with Crippen molar-refractivity contribution in [3.05, 3.63) is 52.8 Å². The molecule has 0 radical (unpaired) electrons. The summed E-state index contributed by atoms with van der Waals surface area (Å²) in [5.41, 5.74) is 3.64. The summed E-state index contributed by atoms with van der Waals surface area (Å²) in [6, 6.07) is 7.30. The third-order valence-electron chi connectivity index (χ3n) is 3.89. The third-order valence-corrected chi connectivity index (χ3v) is 4.10. The molecule has 3 nitrogen and oxygen atoms in total. The maximum absolute atomic E-state index is 13.3. The van der Waals surface area contributed by atoms with Crippen LogP contribution in [0.2, 0.25) is 5.02 Å². The van der Waals surface area contributed by atoms with Crippen molar-refractivity contribution in [1.82, 2.24) is 9.55 Å². The SMILES string of the molecule is Cc1cc(Cl)cc(C)c1Nc1nccc2c1ccn2CC(C)(F)F. The molecule has 0 saturated carbocycles. The number of pyridine rings is 1. The average molecular weight is 350 g/mol. The van der Waals surface area contributed by atoms with E-state index in [1.54, 1.807) is 29.1 Å². The van der Waals surface area contributed by atoms with E-state index in [0.29, 0.717) is 10.8 Å². The minimum atomic E-state index is -2.77. The van der Waals surface area contributed by atoms with Crippen molar-refractivity contribution >= 4 is 34.0 Å². The first-order valence-corrected chi connectivity index (χ1v) is 7.98. The second kappa shape index (κ2) is 6.06. The molecule has 2 aromatic heterocycles. The molecule has 1 N–H and O–H groups in total. The summed E-state index contributed by atoms with van der Waals surface area (Å²) in [6.45, 7) is 4.48. The number of hydrogen-bond acceptors (Lipinski definition) is 2. The topological polar surface area (TPSA) is 29.9 Å². The van der Waals surface area contributed by atoms with Crippen LogP contribution in [0.1, 0.15) is 18.1 Å². The molecular weight excluding hydrogens is 332 g/mol. The van der Waals surface area contributed by atoms with Gasteiger partial charge >= 0.3 is 0 Å². The van der Waals surface area contributed by atoms with Crippen LogP contribution in [0, 0.1) is 13.8 Å². The van der Waals surface area contributed by atoms with Crippen LogP contribution in [-0.2, 0) is 6.54 Å². The molecule has 0 amide bonds. The van der Waals surface area contributed by atoms with Crippen molar-refractivity contribution in [2.24, 2.45) is 0 Å². The number of rotatable bonds is 4. The Kier molecular flexibility index (Phi) is 4.22. The van der Waals surface area contributed by atoms with Gasteiger partial charge in [-0.25, -0.2) is 13.8 Å². The highest BCUT2D eigenvalue weighted by Gasteiger charge is 2.22. The Morgan fingerprint density at radius 1 is 1.21 bits per heavy atom. The zero-order chi connectivity index (χ0) is 17.5. The molecule has 0 atom stereocenters. The Labute approximate surface area is 144 Å². The van der Waals surface area contributed by atoms with Gasteiger partial charge in [0.15, 0.2) is 0 Å². The maximum atomic E-state index is 13.3. The van der Waals surface area contributed by atoms with Gasteiger partial charge in [-0.3, -0.25) is 0 Å². The molecule has 1 aromatic carbocycles. The molecule has 0 aliphatic rings. The summed E-state index contributed by atoms with van der Waals surface area (Å²) < 4.78 is 28.2. The largest absolute Gasteiger partial charge is 0.341 e. The van der Waals surface area contributed by atoms with Gasteiger partial charge in [0.1, 0.15) is 5.82 Å². The number of alkyl halides is 2. The van der Waals surface area contributed by atoms with Gasteiger partial charge in [0.2, 0.25) is 0 Å². The van der Waals surface area contributed by atoms with Crippen LogP contribution >= 0.6 is 11.6 Å². The first-order chi connectivity index (χ1) is 11.2. The second-order valence-electron chi connectivity index (χ2n) is 6.15. The predicted octanol–water partition coefficient (Wildman–Crippen LogP) is 5.71. The molecular formula is C18H18ClF2N3. The lowest BCUT2D eigenvalue weighted by Gasteiger charge is -2.15. The van der Waals surface area contributed by atoms with E-state index in [9.17, 15) is 8.78 Å². The Balaban J connectivity index is 2.03. The lowest BCUT2D eigenvalue weighted by molar-refractivity contribution is 0.00510. The fourth-order valence-corrected chi connectivity index (χ4v) is 3.21. The summed E-state index contributed by atoms with van der Waals surface area (Å²) in [5.74, 6) is -2.13. The minimum absolute atomic E-state index is 0.362. The first kappa shape index (κ1) is 16.7. The lowest BCUT2D eigenvalue weighted by atomic mass is 10.1. The van der Waals surface area contributed by atoms with E-state index in [4.69, 9.17) is 11.6 Å². The molecule has 3 rings (SSSR count). The Morgan fingerprint density at radius 2 is 1.88 bits per heavy atom. The van der Waals surface area contributed by atoms with Gasteiger partial charge in [-0.1, -0.05) is 11.6 Å². The van der Waals surface area contributed by atoms with Crippen molar-refractivity contribution in [3.63, 3.8) is 0 Å². The fourth-order valence-electron chi connectivity index (χ4n) is 2.89. The quantitative estimate of drug-likeness (QED) is 0.654. The molecule has 0 unspecified atom stereocenters. The van der Waals surface area contributed by atoms with Gasteiger partial charge in [0.05, 0.1) is 12.1 Å². The smallest absolute Gasteiger partial charge is 0.262 e. The van der Waals surface area contributed by atoms with Gasteiger partial charge in [-0.05, 0) is 49.2 Å². The molecule has 126 valence electrons. The van der Waals surface area contributed by atoms with E-state index < -0.39 is 5.92 Å². The maximum Gasteiger partial charge on any atom is 0.262 e. The molecule has 0 aliphatic carbocycles. The first-order valence-electron chi connectivity index (χ1n) is 7.60. The van der Waals surface area contributed by atoms with Crippen LogP contribution in [0.4, 0.5) is 20.3 Å². The number of aryl methyl sites for hydroxylation is 2. The zero-order valence-corrected chi connectivity index (χ0v) is 14.5. The van der Waals surface area contributed by atoms with Crippen LogP contribution in [0.5, 0.6) is 0 Å². The molecule has 3 aromatic rings. The number of anilines is 2. The van der Waals surface area contributed by atoms with Crippen LogP contribution in [0.3, 0.4) is 0 Å². The number of hydrogen-bond donors (Lipinski definition) is 1. The van der Waals surface area contributed by atoms with Gasteiger partial charge in [-0.15, -0.1) is 0 Å². The lowest BCUT2D eigenvalue weighted by Crippen LogP contribution is -2.18. The standard InChI is InChI=1S/C18H18ClF2N3/c1-11-8-13(19)9-12(2)16(11)23-17-14-5-7-24(10-18(3,20)21)15(14)4-6-22-17/h4-9H,10H2,1-3H3,(H,22,23). The summed E-state index contributed by atoms with van der Waals surface area (Å²) in [6.07, 6.45) is 3.28. The van der Waals surface area contributed by atoms with E-state index in [1.165, 1.54) is 0 Å². The van der Waals surface area contributed by atoms with E-state index in [0.717, 1.165) is 34.6 Å². The highest BCUT2D eigenvalue weighted by atomic mass is 35.5. The van der Waals surface area contributed by atoms with E-state index in [-0.39, 0.29) is 6.54 Å². The number of aromatic nitrogens is 2. The number of nitrogens with zero attached hydrogens (tertiary/aromatic N) is 2.